The maximum Gasteiger partial charge on any atom is 0.407 e. The molecule has 1 heterocycles. The molecule has 0 atom stereocenters. The lowest BCUT2D eigenvalue weighted by Gasteiger charge is -2.21. The third-order valence-electron chi connectivity index (χ3n) is 3.85. The van der Waals surface area contributed by atoms with Gasteiger partial charge in [-0.25, -0.2) is 4.79 Å². The standard InChI is InChI=1S/C17H33N3O3/c1-17(2,3)23-16(22)18-10-9-15(21)19(4)11-5-6-12-20-13-7-8-14-20/h5-14H2,1-4H3,(H,18,22). The molecule has 1 N–H and O–H groups in total. The lowest BCUT2D eigenvalue weighted by Crippen LogP contribution is -2.36. The zero-order valence-electron chi connectivity index (χ0n) is 15.2. The van der Waals surface area contributed by atoms with E-state index in [0.29, 0.717) is 13.0 Å². The molecule has 1 aliphatic heterocycles. The number of alkyl carbamates (subject to hydrolysis) is 1. The zero-order chi connectivity index (χ0) is 17.3. The van der Waals surface area contributed by atoms with Crippen LogP contribution in [0.15, 0.2) is 0 Å². The fourth-order valence-electron chi connectivity index (χ4n) is 2.59. The fourth-order valence-corrected chi connectivity index (χ4v) is 2.59. The zero-order valence-corrected chi connectivity index (χ0v) is 15.2. The van der Waals surface area contributed by atoms with Crippen molar-refractivity contribution in [2.24, 2.45) is 0 Å². The molecule has 2 amide bonds. The number of unbranched alkanes of at least 4 members (excludes halogenated alkanes) is 1. The van der Waals surface area contributed by atoms with Crippen molar-refractivity contribution in [3.05, 3.63) is 0 Å². The third-order valence-corrected chi connectivity index (χ3v) is 3.85. The van der Waals surface area contributed by atoms with Gasteiger partial charge in [0.05, 0.1) is 0 Å². The van der Waals surface area contributed by atoms with Crippen molar-refractivity contribution >= 4 is 12.0 Å². The third kappa shape index (κ3) is 9.43. The Labute approximate surface area is 140 Å². The Hall–Kier alpha value is -1.30. The van der Waals surface area contributed by atoms with E-state index in [4.69, 9.17) is 4.74 Å². The Morgan fingerprint density at radius 2 is 1.83 bits per heavy atom. The highest BCUT2D eigenvalue weighted by Crippen LogP contribution is 2.08. The molecule has 6 nitrogen and oxygen atoms in total. The van der Waals surface area contributed by atoms with E-state index >= 15 is 0 Å². The van der Waals surface area contributed by atoms with Crippen LogP contribution in [-0.4, -0.2) is 67.2 Å². The molecule has 0 aromatic carbocycles. The van der Waals surface area contributed by atoms with Crippen LogP contribution >= 0.6 is 0 Å². The summed E-state index contributed by atoms with van der Waals surface area (Å²) in [7, 11) is 1.83. The van der Waals surface area contributed by atoms with Gasteiger partial charge in [-0.2, -0.15) is 0 Å². The number of nitrogens with zero attached hydrogens (tertiary/aromatic N) is 2. The van der Waals surface area contributed by atoms with E-state index in [0.717, 1.165) is 25.9 Å². The van der Waals surface area contributed by atoms with Crippen molar-refractivity contribution in [2.45, 2.75) is 58.5 Å². The van der Waals surface area contributed by atoms with Gasteiger partial charge in [0.2, 0.25) is 5.91 Å². The first-order valence-electron chi connectivity index (χ1n) is 8.71. The molecule has 1 aliphatic rings. The summed E-state index contributed by atoms with van der Waals surface area (Å²) in [4.78, 5) is 27.7. The highest BCUT2D eigenvalue weighted by Gasteiger charge is 2.16. The number of likely N-dealkylation sites (tertiary alicyclic amines) is 1. The predicted octanol–water partition coefficient (Wildman–Crippen LogP) is 2.24. The maximum absolute atomic E-state index is 12.0. The van der Waals surface area contributed by atoms with E-state index in [1.165, 1.54) is 25.9 Å². The van der Waals surface area contributed by atoms with Crippen molar-refractivity contribution in [2.75, 3.05) is 39.8 Å². The number of hydrogen-bond acceptors (Lipinski definition) is 4. The van der Waals surface area contributed by atoms with E-state index < -0.39 is 11.7 Å². The number of nitrogens with one attached hydrogen (secondary N) is 1. The molecule has 0 saturated carbocycles. The molecule has 0 radical (unpaired) electrons. The molecule has 23 heavy (non-hydrogen) atoms. The minimum atomic E-state index is -0.514. The summed E-state index contributed by atoms with van der Waals surface area (Å²) >= 11 is 0. The van der Waals surface area contributed by atoms with Gasteiger partial charge in [0.1, 0.15) is 5.60 Å². The van der Waals surface area contributed by atoms with Gasteiger partial charge in [0.25, 0.3) is 0 Å². The Balaban J connectivity index is 2.05. The summed E-state index contributed by atoms with van der Waals surface area (Å²) < 4.78 is 5.13. The second-order valence-corrected chi connectivity index (χ2v) is 7.25. The van der Waals surface area contributed by atoms with E-state index in [2.05, 4.69) is 10.2 Å². The average Bonchev–Trinajstić information content (AvgIpc) is 2.94. The molecule has 6 heteroatoms. The Bertz CT molecular complexity index is 374. The van der Waals surface area contributed by atoms with Gasteiger partial charge >= 0.3 is 6.09 Å². The van der Waals surface area contributed by atoms with Gasteiger partial charge in [-0.3, -0.25) is 4.79 Å². The van der Waals surface area contributed by atoms with E-state index in [9.17, 15) is 9.59 Å². The lowest BCUT2D eigenvalue weighted by atomic mass is 10.2. The minimum Gasteiger partial charge on any atom is -0.444 e. The Morgan fingerprint density at radius 1 is 1.17 bits per heavy atom. The van der Waals surface area contributed by atoms with Gasteiger partial charge in [-0.15, -0.1) is 0 Å². The highest BCUT2D eigenvalue weighted by molar-refractivity contribution is 5.77. The van der Waals surface area contributed by atoms with E-state index in [1.807, 2.05) is 27.8 Å². The summed E-state index contributed by atoms with van der Waals surface area (Å²) in [5.41, 5.74) is -0.514. The van der Waals surface area contributed by atoms with E-state index in [-0.39, 0.29) is 5.91 Å². The normalized spacial score (nSPS) is 15.5. The predicted molar refractivity (Wildman–Crippen MR) is 91.4 cm³/mol. The first-order chi connectivity index (χ1) is 10.8. The smallest absolute Gasteiger partial charge is 0.407 e. The SMILES string of the molecule is CN(CCCCN1CCCC1)C(=O)CCNC(=O)OC(C)(C)C. The van der Waals surface area contributed by atoms with Crippen molar-refractivity contribution in [1.29, 1.82) is 0 Å². The molecule has 0 spiro atoms. The second kappa shape index (κ2) is 9.75. The number of hydrogen-bond donors (Lipinski definition) is 1. The van der Waals surface area contributed by atoms with Gasteiger partial charge in [0.15, 0.2) is 0 Å². The van der Waals surface area contributed by atoms with Crippen LogP contribution in [0.4, 0.5) is 4.79 Å². The fraction of sp³-hybridized carbons (Fsp3) is 0.882. The number of ether oxygens (including phenoxy) is 1. The molecule has 1 fully saturated rings. The first-order valence-corrected chi connectivity index (χ1v) is 8.71. The van der Waals surface area contributed by atoms with Crippen LogP contribution < -0.4 is 5.32 Å². The number of carbonyl (C=O) groups excluding carboxylic acids is 2. The van der Waals surface area contributed by atoms with Gasteiger partial charge in [0, 0.05) is 26.6 Å². The van der Waals surface area contributed by atoms with Crippen LogP contribution in [0.25, 0.3) is 0 Å². The summed E-state index contributed by atoms with van der Waals surface area (Å²) in [5.74, 6) is 0.0576. The quantitative estimate of drug-likeness (QED) is 0.695. The molecule has 1 rings (SSSR count). The van der Waals surface area contributed by atoms with Crippen molar-refractivity contribution in [3.8, 4) is 0 Å². The number of rotatable bonds is 8. The average molecular weight is 327 g/mol. The molecule has 0 bridgehead atoms. The van der Waals surface area contributed by atoms with Crippen LogP contribution in [0.5, 0.6) is 0 Å². The number of amides is 2. The number of carbonyl (C=O) groups is 2. The molecule has 0 unspecified atom stereocenters. The van der Waals surface area contributed by atoms with Gasteiger partial charge in [-0.05, 0) is 66.1 Å². The molecular weight excluding hydrogens is 294 g/mol. The lowest BCUT2D eigenvalue weighted by molar-refractivity contribution is -0.129. The van der Waals surface area contributed by atoms with Crippen molar-refractivity contribution in [1.82, 2.24) is 15.1 Å². The molecule has 134 valence electrons. The molecular formula is C17H33N3O3. The van der Waals surface area contributed by atoms with Crippen LogP contribution in [0.1, 0.15) is 52.9 Å². The van der Waals surface area contributed by atoms with Crippen molar-refractivity contribution < 1.29 is 14.3 Å². The molecule has 0 aromatic rings. The Morgan fingerprint density at radius 3 is 2.43 bits per heavy atom. The van der Waals surface area contributed by atoms with Crippen molar-refractivity contribution in [3.63, 3.8) is 0 Å². The summed E-state index contributed by atoms with van der Waals surface area (Å²) in [6.45, 7) is 10.1. The molecule has 1 saturated heterocycles. The first kappa shape index (κ1) is 19.7. The monoisotopic (exact) mass is 327 g/mol. The van der Waals surface area contributed by atoms with E-state index in [1.54, 1.807) is 4.90 Å². The topological polar surface area (TPSA) is 61.9 Å². The van der Waals surface area contributed by atoms with Crippen LogP contribution in [0.3, 0.4) is 0 Å². The summed E-state index contributed by atoms with van der Waals surface area (Å²) in [5, 5.41) is 2.61. The Kier molecular flexibility index (Phi) is 8.37. The van der Waals surface area contributed by atoms with Crippen LogP contribution in [0, 0.1) is 0 Å². The van der Waals surface area contributed by atoms with Gasteiger partial charge in [-0.1, -0.05) is 0 Å². The second-order valence-electron chi connectivity index (χ2n) is 7.25. The maximum atomic E-state index is 12.0. The van der Waals surface area contributed by atoms with Crippen LogP contribution in [0.2, 0.25) is 0 Å². The largest absolute Gasteiger partial charge is 0.444 e. The minimum absolute atomic E-state index is 0.0576. The van der Waals surface area contributed by atoms with Crippen LogP contribution in [-0.2, 0) is 9.53 Å². The van der Waals surface area contributed by atoms with Gasteiger partial charge < -0.3 is 19.9 Å². The highest BCUT2D eigenvalue weighted by atomic mass is 16.6. The summed E-state index contributed by atoms with van der Waals surface area (Å²) in [6.07, 6.45) is 4.64. The summed E-state index contributed by atoms with van der Waals surface area (Å²) in [6, 6.07) is 0. The molecule has 0 aliphatic carbocycles. The molecule has 0 aromatic heterocycles.